The second-order valence-electron chi connectivity index (χ2n) is 5.14. The minimum absolute atomic E-state index is 0.374. The van der Waals surface area contributed by atoms with Crippen LogP contribution in [0.25, 0.3) is 0 Å². The normalized spacial score (nSPS) is 15.4. The van der Waals surface area contributed by atoms with Crippen LogP contribution in [0.15, 0.2) is 0 Å². The molecule has 1 amide bonds. The van der Waals surface area contributed by atoms with Gasteiger partial charge in [-0.25, -0.2) is 9.97 Å². The quantitative estimate of drug-likeness (QED) is 0.768. The van der Waals surface area contributed by atoms with Gasteiger partial charge in [0.1, 0.15) is 5.82 Å². The molecule has 1 aromatic rings. The van der Waals surface area contributed by atoms with E-state index in [1.165, 1.54) is 5.56 Å². The van der Waals surface area contributed by atoms with Gasteiger partial charge in [0.2, 0.25) is 6.41 Å². The average molecular weight is 247 g/mol. The van der Waals surface area contributed by atoms with Crippen molar-refractivity contribution in [3.63, 3.8) is 0 Å². The number of rotatable bonds is 3. The van der Waals surface area contributed by atoms with E-state index in [4.69, 9.17) is 0 Å². The van der Waals surface area contributed by atoms with Crippen LogP contribution < -0.4 is 0 Å². The molecular weight excluding hydrogens is 226 g/mol. The summed E-state index contributed by atoms with van der Waals surface area (Å²) in [5.41, 5.74) is 3.44. The topological polar surface area (TPSA) is 46.1 Å². The second-order valence-corrected chi connectivity index (χ2v) is 5.14. The first-order valence-corrected chi connectivity index (χ1v) is 6.73. The van der Waals surface area contributed by atoms with Crippen LogP contribution in [-0.2, 0) is 24.2 Å². The zero-order valence-electron chi connectivity index (χ0n) is 11.4. The highest BCUT2D eigenvalue weighted by molar-refractivity contribution is 5.48. The Bertz CT molecular complexity index is 443. The molecule has 0 spiro atoms. The molecule has 0 N–H and O–H groups in total. The Morgan fingerprint density at radius 2 is 2.17 bits per heavy atom. The van der Waals surface area contributed by atoms with Crippen LogP contribution in [0.2, 0.25) is 0 Å². The van der Waals surface area contributed by atoms with E-state index in [0.29, 0.717) is 12.5 Å². The Labute approximate surface area is 108 Å². The van der Waals surface area contributed by atoms with Crippen molar-refractivity contribution in [1.29, 1.82) is 0 Å². The molecule has 4 nitrogen and oxygen atoms in total. The van der Waals surface area contributed by atoms with E-state index in [9.17, 15) is 4.79 Å². The number of nitrogens with zero attached hydrogens (tertiary/aromatic N) is 3. The molecule has 4 heteroatoms. The molecule has 0 atom stereocenters. The lowest BCUT2D eigenvalue weighted by Gasteiger charge is -2.18. The molecule has 98 valence electrons. The highest BCUT2D eigenvalue weighted by atomic mass is 16.1. The molecule has 0 radical (unpaired) electrons. The first-order chi connectivity index (χ1) is 8.65. The maximum Gasteiger partial charge on any atom is 0.210 e. The van der Waals surface area contributed by atoms with Gasteiger partial charge in [-0.15, -0.1) is 0 Å². The third kappa shape index (κ3) is 2.52. The molecular formula is C14H21N3O. The molecule has 0 aromatic carbocycles. The fourth-order valence-corrected chi connectivity index (χ4v) is 2.44. The Kier molecular flexibility index (Phi) is 3.94. The molecule has 1 aromatic heterocycles. The number of aryl methyl sites for hydroxylation is 2. The molecule has 2 rings (SSSR count). The summed E-state index contributed by atoms with van der Waals surface area (Å²) in [6, 6.07) is 0. The summed E-state index contributed by atoms with van der Waals surface area (Å²) in [5, 5.41) is 0. The third-order valence-electron chi connectivity index (χ3n) is 3.40. The lowest BCUT2D eigenvalue weighted by atomic mass is 10.0. The summed E-state index contributed by atoms with van der Waals surface area (Å²) in [7, 11) is 0. The van der Waals surface area contributed by atoms with Gasteiger partial charge >= 0.3 is 0 Å². The van der Waals surface area contributed by atoms with Gasteiger partial charge in [-0.3, -0.25) is 4.79 Å². The van der Waals surface area contributed by atoms with Crippen LogP contribution in [0.3, 0.4) is 0 Å². The highest BCUT2D eigenvalue weighted by Crippen LogP contribution is 2.24. The predicted octanol–water partition coefficient (Wildman–Crippen LogP) is 2.07. The number of carbonyl (C=O) groups excluding carboxylic acids is 1. The van der Waals surface area contributed by atoms with Gasteiger partial charge in [0.05, 0.1) is 5.69 Å². The van der Waals surface area contributed by atoms with Crippen LogP contribution in [0.5, 0.6) is 0 Å². The van der Waals surface area contributed by atoms with Gasteiger partial charge in [-0.1, -0.05) is 20.8 Å². The molecule has 18 heavy (non-hydrogen) atoms. The van der Waals surface area contributed by atoms with Crippen LogP contribution in [-0.4, -0.2) is 27.8 Å². The first-order valence-electron chi connectivity index (χ1n) is 6.73. The Morgan fingerprint density at radius 1 is 1.39 bits per heavy atom. The van der Waals surface area contributed by atoms with E-state index in [-0.39, 0.29) is 0 Å². The lowest BCUT2D eigenvalue weighted by molar-refractivity contribution is -0.118. The number of fused-ring (bicyclic) bond motifs is 1. The van der Waals surface area contributed by atoms with Gasteiger partial charge in [0.15, 0.2) is 0 Å². The van der Waals surface area contributed by atoms with E-state index < -0.39 is 0 Å². The van der Waals surface area contributed by atoms with E-state index in [1.807, 2.05) is 4.90 Å². The first kappa shape index (κ1) is 13.0. The Morgan fingerprint density at radius 3 is 2.78 bits per heavy atom. The SMILES string of the molecule is CCc1nc2c(c(C(C)C)n1)CN(C=O)CCC2. The summed E-state index contributed by atoms with van der Waals surface area (Å²) in [5.74, 6) is 1.30. The van der Waals surface area contributed by atoms with Crippen molar-refractivity contribution in [1.82, 2.24) is 14.9 Å². The highest BCUT2D eigenvalue weighted by Gasteiger charge is 2.20. The number of aromatic nitrogens is 2. The predicted molar refractivity (Wildman–Crippen MR) is 70.3 cm³/mol. The summed E-state index contributed by atoms with van der Waals surface area (Å²) in [4.78, 5) is 22.1. The zero-order valence-corrected chi connectivity index (χ0v) is 11.4. The van der Waals surface area contributed by atoms with E-state index in [1.54, 1.807) is 0 Å². The lowest BCUT2D eigenvalue weighted by Crippen LogP contribution is -2.22. The molecule has 1 aliphatic heterocycles. The molecule has 0 bridgehead atoms. The summed E-state index contributed by atoms with van der Waals surface area (Å²) in [6.45, 7) is 7.87. The number of hydrogen-bond donors (Lipinski definition) is 0. The van der Waals surface area contributed by atoms with Gasteiger partial charge < -0.3 is 4.90 Å². The zero-order chi connectivity index (χ0) is 13.1. The molecule has 0 unspecified atom stereocenters. The van der Waals surface area contributed by atoms with Crippen molar-refractivity contribution in [3.8, 4) is 0 Å². The molecule has 0 aliphatic carbocycles. The molecule has 0 saturated heterocycles. The number of amides is 1. The van der Waals surface area contributed by atoms with E-state index in [2.05, 4.69) is 30.7 Å². The standard InChI is InChI=1S/C14H21N3O/c1-4-13-15-12-6-5-7-17(9-18)8-11(12)14(16-13)10(2)3/h9-10H,4-8H2,1-3H3. The molecule has 0 saturated carbocycles. The van der Waals surface area contributed by atoms with Gasteiger partial charge in [0.25, 0.3) is 0 Å². The monoisotopic (exact) mass is 247 g/mol. The van der Waals surface area contributed by atoms with Gasteiger partial charge in [-0.2, -0.15) is 0 Å². The second kappa shape index (κ2) is 5.46. The van der Waals surface area contributed by atoms with Crippen molar-refractivity contribution >= 4 is 6.41 Å². The maximum atomic E-state index is 11.0. The van der Waals surface area contributed by atoms with Gasteiger partial charge in [-0.05, 0) is 18.8 Å². The van der Waals surface area contributed by atoms with Crippen LogP contribution in [0.4, 0.5) is 0 Å². The maximum absolute atomic E-state index is 11.0. The summed E-state index contributed by atoms with van der Waals surface area (Å²) >= 11 is 0. The van der Waals surface area contributed by atoms with Crippen molar-refractivity contribution in [2.24, 2.45) is 0 Å². The fraction of sp³-hybridized carbons (Fsp3) is 0.643. The van der Waals surface area contributed by atoms with Crippen molar-refractivity contribution in [3.05, 3.63) is 22.8 Å². The molecule has 1 aliphatic rings. The smallest absolute Gasteiger partial charge is 0.210 e. The molecule has 0 fully saturated rings. The van der Waals surface area contributed by atoms with Crippen molar-refractivity contribution < 1.29 is 4.79 Å². The van der Waals surface area contributed by atoms with Crippen LogP contribution in [0.1, 0.15) is 55.9 Å². The van der Waals surface area contributed by atoms with Gasteiger partial charge in [0, 0.05) is 30.8 Å². The average Bonchev–Trinajstić information content (AvgIpc) is 2.58. The van der Waals surface area contributed by atoms with E-state index in [0.717, 1.165) is 49.4 Å². The summed E-state index contributed by atoms with van der Waals surface area (Å²) in [6.07, 6.45) is 3.75. The summed E-state index contributed by atoms with van der Waals surface area (Å²) < 4.78 is 0. The largest absolute Gasteiger partial charge is 0.341 e. The Hall–Kier alpha value is -1.45. The fourth-order valence-electron chi connectivity index (χ4n) is 2.44. The Balaban J connectivity index is 2.49. The van der Waals surface area contributed by atoms with Crippen molar-refractivity contribution in [2.75, 3.05) is 6.54 Å². The minimum Gasteiger partial charge on any atom is -0.341 e. The van der Waals surface area contributed by atoms with Crippen molar-refractivity contribution in [2.45, 2.75) is 52.5 Å². The minimum atomic E-state index is 0.374. The van der Waals surface area contributed by atoms with E-state index >= 15 is 0 Å². The number of hydrogen-bond acceptors (Lipinski definition) is 3. The number of carbonyl (C=O) groups is 1. The molecule has 2 heterocycles. The third-order valence-corrected chi connectivity index (χ3v) is 3.40. The van der Waals surface area contributed by atoms with Crippen LogP contribution in [0, 0.1) is 0 Å². The van der Waals surface area contributed by atoms with Crippen LogP contribution >= 0.6 is 0 Å².